The third kappa shape index (κ3) is 3.19. The largest absolute Gasteiger partial charge is 0.497 e. The predicted octanol–water partition coefficient (Wildman–Crippen LogP) is 3.22. The maximum Gasteiger partial charge on any atom is 0.119 e. The fourth-order valence-electron chi connectivity index (χ4n) is 2.03. The molecule has 0 spiro atoms. The van der Waals surface area contributed by atoms with Crippen molar-refractivity contribution < 1.29 is 4.74 Å². The summed E-state index contributed by atoms with van der Waals surface area (Å²) in [4.78, 5) is 2.20. The highest BCUT2D eigenvalue weighted by molar-refractivity contribution is 5.57. The summed E-state index contributed by atoms with van der Waals surface area (Å²) in [6.45, 7) is 2.86. The highest BCUT2D eigenvalue weighted by Gasteiger charge is 2.04. The molecule has 0 unspecified atom stereocenters. The van der Waals surface area contributed by atoms with Crippen molar-refractivity contribution in [1.29, 1.82) is 0 Å². The Balaban J connectivity index is 2.15. The van der Waals surface area contributed by atoms with Crippen molar-refractivity contribution in [3.63, 3.8) is 0 Å². The minimum atomic E-state index is 0.832. The van der Waals surface area contributed by atoms with Gasteiger partial charge in [-0.1, -0.05) is 12.1 Å². The topological polar surface area (TPSA) is 38.5 Å². The van der Waals surface area contributed by atoms with Crippen LogP contribution < -0.4 is 15.4 Å². The molecule has 0 bridgehead atoms. The van der Waals surface area contributed by atoms with E-state index in [1.165, 1.54) is 5.56 Å². The van der Waals surface area contributed by atoms with Crippen molar-refractivity contribution in [3.8, 4) is 5.75 Å². The van der Waals surface area contributed by atoms with Gasteiger partial charge in [0.05, 0.1) is 7.11 Å². The van der Waals surface area contributed by atoms with Crippen molar-refractivity contribution in [2.24, 2.45) is 0 Å². The molecule has 0 aromatic heterocycles. The first kappa shape index (κ1) is 13.3. The lowest BCUT2D eigenvalue weighted by atomic mass is 10.1. The summed E-state index contributed by atoms with van der Waals surface area (Å²) in [5, 5.41) is 0. The summed E-state index contributed by atoms with van der Waals surface area (Å²) >= 11 is 0. The average molecular weight is 256 g/mol. The van der Waals surface area contributed by atoms with Crippen LogP contribution in [0.4, 0.5) is 11.4 Å². The van der Waals surface area contributed by atoms with E-state index >= 15 is 0 Å². The fraction of sp³-hybridized carbons (Fsp3) is 0.250. The zero-order valence-electron chi connectivity index (χ0n) is 11.7. The Bertz CT molecular complexity index is 566. The van der Waals surface area contributed by atoms with Gasteiger partial charge in [-0.3, -0.25) is 0 Å². The van der Waals surface area contributed by atoms with Crippen molar-refractivity contribution in [3.05, 3.63) is 53.6 Å². The average Bonchev–Trinajstić information content (AvgIpc) is 2.42. The minimum Gasteiger partial charge on any atom is -0.497 e. The molecule has 2 N–H and O–H groups in total. The van der Waals surface area contributed by atoms with Crippen LogP contribution in [0.5, 0.6) is 5.75 Å². The first-order chi connectivity index (χ1) is 9.10. The van der Waals surface area contributed by atoms with Crippen LogP contribution in [0.15, 0.2) is 42.5 Å². The highest BCUT2D eigenvalue weighted by Crippen LogP contribution is 2.22. The molecule has 0 saturated carbocycles. The van der Waals surface area contributed by atoms with Crippen LogP contribution in [0.3, 0.4) is 0 Å². The van der Waals surface area contributed by atoms with Crippen molar-refractivity contribution in [2.75, 3.05) is 24.8 Å². The van der Waals surface area contributed by atoms with E-state index in [1.807, 2.05) is 31.2 Å². The number of anilines is 2. The normalized spacial score (nSPS) is 10.3. The second-order valence-electron chi connectivity index (χ2n) is 4.75. The van der Waals surface area contributed by atoms with Crippen LogP contribution in [0.1, 0.15) is 11.1 Å². The SMILES string of the molecule is COc1cccc(CN(C)c2ccc(N)c(C)c2)c1. The molecule has 19 heavy (non-hydrogen) atoms. The summed E-state index contributed by atoms with van der Waals surface area (Å²) in [5.74, 6) is 0.888. The smallest absolute Gasteiger partial charge is 0.119 e. The van der Waals surface area contributed by atoms with Crippen LogP contribution >= 0.6 is 0 Å². The lowest BCUT2D eigenvalue weighted by Gasteiger charge is -2.20. The van der Waals surface area contributed by atoms with Gasteiger partial charge in [0.25, 0.3) is 0 Å². The molecule has 2 rings (SSSR count). The Hall–Kier alpha value is -2.16. The summed E-state index contributed by atoms with van der Waals surface area (Å²) in [5.41, 5.74) is 10.2. The van der Waals surface area contributed by atoms with Gasteiger partial charge in [0.15, 0.2) is 0 Å². The molecule has 0 aliphatic carbocycles. The molecule has 0 aliphatic heterocycles. The second kappa shape index (κ2) is 5.65. The van der Waals surface area contributed by atoms with Crippen LogP contribution in [0.25, 0.3) is 0 Å². The van der Waals surface area contributed by atoms with E-state index in [-0.39, 0.29) is 0 Å². The van der Waals surface area contributed by atoms with Gasteiger partial charge in [0, 0.05) is 25.0 Å². The number of hydrogen-bond acceptors (Lipinski definition) is 3. The number of benzene rings is 2. The number of nitrogen functional groups attached to an aromatic ring is 1. The Morgan fingerprint density at radius 2 is 1.95 bits per heavy atom. The lowest BCUT2D eigenvalue weighted by Crippen LogP contribution is -2.16. The minimum absolute atomic E-state index is 0.832. The van der Waals surface area contributed by atoms with E-state index in [2.05, 4.69) is 30.1 Å². The van der Waals surface area contributed by atoms with Gasteiger partial charge in [-0.15, -0.1) is 0 Å². The lowest BCUT2D eigenvalue weighted by molar-refractivity contribution is 0.414. The third-order valence-electron chi connectivity index (χ3n) is 3.25. The van der Waals surface area contributed by atoms with Crippen LogP contribution in [0.2, 0.25) is 0 Å². The Kier molecular flexibility index (Phi) is 3.95. The van der Waals surface area contributed by atoms with Crippen molar-refractivity contribution in [2.45, 2.75) is 13.5 Å². The summed E-state index contributed by atoms with van der Waals surface area (Å²) < 4.78 is 5.24. The molecule has 2 aromatic carbocycles. The summed E-state index contributed by atoms with van der Waals surface area (Å²) in [6.07, 6.45) is 0. The monoisotopic (exact) mass is 256 g/mol. The van der Waals surface area contributed by atoms with Gasteiger partial charge in [-0.25, -0.2) is 0 Å². The molecular weight excluding hydrogens is 236 g/mol. The predicted molar refractivity (Wildman–Crippen MR) is 80.7 cm³/mol. The highest BCUT2D eigenvalue weighted by atomic mass is 16.5. The van der Waals surface area contributed by atoms with E-state index in [0.29, 0.717) is 0 Å². The number of aryl methyl sites for hydroxylation is 1. The van der Waals surface area contributed by atoms with Gasteiger partial charge in [-0.2, -0.15) is 0 Å². The van der Waals surface area contributed by atoms with Crippen LogP contribution in [-0.4, -0.2) is 14.2 Å². The molecule has 0 atom stereocenters. The van der Waals surface area contributed by atoms with E-state index in [0.717, 1.165) is 29.2 Å². The van der Waals surface area contributed by atoms with Gasteiger partial charge in [0.2, 0.25) is 0 Å². The Labute approximate surface area is 114 Å². The molecule has 3 heteroatoms. The van der Waals surface area contributed by atoms with Crippen LogP contribution in [0, 0.1) is 6.92 Å². The Morgan fingerprint density at radius 1 is 1.16 bits per heavy atom. The molecule has 0 amide bonds. The third-order valence-corrected chi connectivity index (χ3v) is 3.25. The molecule has 100 valence electrons. The number of nitrogens with two attached hydrogens (primary N) is 1. The molecule has 0 radical (unpaired) electrons. The maximum absolute atomic E-state index is 5.84. The molecular formula is C16H20N2O. The number of nitrogens with zero attached hydrogens (tertiary/aromatic N) is 1. The number of ether oxygens (including phenoxy) is 1. The maximum atomic E-state index is 5.84. The van der Waals surface area contributed by atoms with Crippen molar-refractivity contribution in [1.82, 2.24) is 0 Å². The molecule has 3 nitrogen and oxygen atoms in total. The molecule has 0 aliphatic rings. The fourth-order valence-corrected chi connectivity index (χ4v) is 2.03. The standard InChI is InChI=1S/C16H20N2O/c1-12-9-14(7-8-16(12)17)18(2)11-13-5-4-6-15(10-13)19-3/h4-10H,11,17H2,1-3H3. The summed E-state index contributed by atoms with van der Waals surface area (Å²) in [7, 11) is 3.76. The van der Waals surface area contributed by atoms with E-state index in [4.69, 9.17) is 10.5 Å². The van der Waals surface area contributed by atoms with Gasteiger partial charge >= 0.3 is 0 Å². The number of rotatable bonds is 4. The molecule has 0 heterocycles. The molecule has 0 fully saturated rings. The van der Waals surface area contributed by atoms with Gasteiger partial charge < -0.3 is 15.4 Å². The van der Waals surface area contributed by atoms with Gasteiger partial charge in [0.1, 0.15) is 5.75 Å². The number of hydrogen-bond donors (Lipinski definition) is 1. The first-order valence-electron chi connectivity index (χ1n) is 6.30. The van der Waals surface area contributed by atoms with E-state index < -0.39 is 0 Å². The van der Waals surface area contributed by atoms with Crippen LogP contribution in [-0.2, 0) is 6.54 Å². The molecule has 0 saturated heterocycles. The van der Waals surface area contributed by atoms with Crippen molar-refractivity contribution >= 4 is 11.4 Å². The zero-order valence-corrected chi connectivity index (χ0v) is 11.7. The van der Waals surface area contributed by atoms with E-state index in [9.17, 15) is 0 Å². The molecule has 2 aromatic rings. The van der Waals surface area contributed by atoms with Gasteiger partial charge in [-0.05, 0) is 48.4 Å². The number of methoxy groups -OCH3 is 1. The first-order valence-corrected chi connectivity index (χ1v) is 6.30. The Morgan fingerprint density at radius 3 is 2.63 bits per heavy atom. The second-order valence-corrected chi connectivity index (χ2v) is 4.75. The quantitative estimate of drug-likeness (QED) is 0.854. The summed E-state index contributed by atoms with van der Waals surface area (Å²) in [6, 6.07) is 14.2. The van der Waals surface area contributed by atoms with E-state index in [1.54, 1.807) is 7.11 Å². The zero-order chi connectivity index (χ0) is 13.8.